The summed E-state index contributed by atoms with van der Waals surface area (Å²) in [5.74, 6) is 0.0420. The maximum absolute atomic E-state index is 13.3. The molecular weight excluding hydrogens is 400 g/mol. The molecule has 4 rings (SSSR count). The maximum atomic E-state index is 13.3. The molecule has 0 aliphatic carbocycles. The Morgan fingerprint density at radius 1 is 1.23 bits per heavy atom. The normalized spacial score (nSPS) is 18.0. The number of hydrogen-bond donors (Lipinski definition) is 0. The lowest BCUT2D eigenvalue weighted by Crippen LogP contribution is -2.41. The third-order valence-electron chi connectivity index (χ3n) is 5.56. The predicted octanol–water partition coefficient (Wildman–Crippen LogP) is 2.91. The molecule has 8 heteroatoms. The lowest BCUT2D eigenvalue weighted by Gasteiger charge is -2.28. The smallest absolute Gasteiger partial charge is 0.255 e. The van der Waals surface area contributed by atoms with Crippen LogP contribution in [-0.4, -0.2) is 58.1 Å². The van der Waals surface area contributed by atoms with Crippen molar-refractivity contribution in [3.05, 3.63) is 59.9 Å². The van der Waals surface area contributed by atoms with Crippen LogP contribution in [0, 0.1) is 0 Å². The first kappa shape index (κ1) is 20.5. The summed E-state index contributed by atoms with van der Waals surface area (Å²) in [6, 6.07) is 11.6. The topological polar surface area (TPSA) is 85.2 Å². The van der Waals surface area contributed by atoms with E-state index in [2.05, 4.69) is 17.0 Å². The summed E-state index contributed by atoms with van der Waals surface area (Å²) in [6.45, 7) is 3.22. The second kappa shape index (κ2) is 8.55. The van der Waals surface area contributed by atoms with E-state index < -0.39 is 9.84 Å². The van der Waals surface area contributed by atoms with Gasteiger partial charge in [-0.15, -0.1) is 0 Å². The number of pyridine rings is 1. The zero-order valence-electron chi connectivity index (χ0n) is 17.1. The highest BCUT2D eigenvalue weighted by Crippen LogP contribution is 2.22. The van der Waals surface area contributed by atoms with Gasteiger partial charge in [0.15, 0.2) is 15.5 Å². The fourth-order valence-corrected chi connectivity index (χ4v) is 5.66. The molecule has 3 aromatic rings. The van der Waals surface area contributed by atoms with E-state index in [0.29, 0.717) is 25.1 Å². The Kier molecular flexibility index (Phi) is 5.85. The summed E-state index contributed by atoms with van der Waals surface area (Å²) in [4.78, 5) is 19.5. The van der Waals surface area contributed by atoms with Gasteiger partial charge in [0.25, 0.3) is 5.91 Å². The molecule has 1 saturated heterocycles. The van der Waals surface area contributed by atoms with Crippen LogP contribution in [0.4, 0.5) is 0 Å². The summed E-state index contributed by atoms with van der Waals surface area (Å²) in [6.07, 6.45) is 5.58. The maximum Gasteiger partial charge on any atom is 0.255 e. The van der Waals surface area contributed by atoms with E-state index in [0.717, 1.165) is 29.4 Å². The van der Waals surface area contributed by atoms with E-state index in [-0.39, 0.29) is 23.5 Å². The monoisotopic (exact) mass is 426 g/mol. The van der Waals surface area contributed by atoms with Gasteiger partial charge in [-0.05, 0) is 24.5 Å². The van der Waals surface area contributed by atoms with Crippen molar-refractivity contribution in [1.82, 2.24) is 19.7 Å². The van der Waals surface area contributed by atoms with E-state index in [4.69, 9.17) is 0 Å². The van der Waals surface area contributed by atoms with Gasteiger partial charge in [-0.1, -0.05) is 43.7 Å². The van der Waals surface area contributed by atoms with Crippen LogP contribution in [-0.2, 0) is 16.4 Å². The van der Waals surface area contributed by atoms with Gasteiger partial charge in [0.1, 0.15) is 0 Å². The number of rotatable bonds is 7. The third kappa shape index (κ3) is 4.38. The van der Waals surface area contributed by atoms with Crippen LogP contribution in [0.3, 0.4) is 0 Å². The highest BCUT2D eigenvalue weighted by molar-refractivity contribution is 7.91. The molecule has 1 aromatic carbocycles. The number of aromatic nitrogens is 3. The molecule has 7 nitrogen and oxygen atoms in total. The molecule has 1 amide bonds. The minimum Gasteiger partial charge on any atom is -0.335 e. The first-order chi connectivity index (χ1) is 14.5. The summed E-state index contributed by atoms with van der Waals surface area (Å²) in [7, 11) is -3.07. The Labute approximate surface area is 176 Å². The Hall–Kier alpha value is -2.74. The molecule has 3 heterocycles. The standard InChI is InChI=1S/C22H26N4O3S/c1-2-3-10-25(20-9-11-30(28,29)16-20)22(27)19-12-18-14-24-26(21(18)23-13-19)15-17-7-5-4-6-8-17/h4-8,12-14,20H,2-3,9-11,15-16H2,1H3. The number of carbonyl (C=O) groups excluding carboxylic acids is 1. The Morgan fingerprint density at radius 3 is 2.73 bits per heavy atom. The Morgan fingerprint density at radius 2 is 2.03 bits per heavy atom. The van der Waals surface area contributed by atoms with Gasteiger partial charge in [0.2, 0.25) is 0 Å². The van der Waals surface area contributed by atoms with Crippen LogP contribution in [0.2, 0.25) is 0 Å². The van der Waals surface area contributed by atoms with Crippen LogP contribution in [0.1, 0.15) is 42.1 Å². The van der Waals surface area contributed by atoms with Gasteiger partial charge >= 0.3 is 0 Å². The summed E-state index contributed by atoms with van der Waals surface area (Å²) < 4.78 is 25.7. The van der Waals surface area contributed by atoms with E-state index in [1.54, 1.807) is 17.3 Å². The summed E-state index contributed by atoms with van der Waals surface area (Å²) in [5, 5.41) is 5.23. The zero-order chi connectivity index (χ0) is 21.1. The number of unbranched alkanes of at least 4 members (excludes halogenated alkanes) is 1. The molecule has 1 aliphatic heterocycles. The van der Waals surface area contributed by atoms with Crippen molar-refractivity contribution in [3.8, 4) is 0 Å². The lowest BCUT2D eigenvalue weighted by molar-refractivity contribution is 0.0694. The van der Waals surface area contributed by atoms with Crippen molar-refractivity contribution in [1.29, 1.82) is 0 Å². The first-order valence-electron chi connectivity index (χ1n) is 10.3. The number of fused-ring (bicyclic) bond motifs is 1. The van der Waals surface area contributed by atoms with Crippen molar-refractivity contribution in [2.24, 2.45) is 0 Å². The van der Waals surface area contributed by atoms with Gasteiger partial charge in [-0.25, -0.2) is 18.1 Å². The highest BCUT2D eigenvalue weighted by Gasteiger charge is 2.34. The molecule has 0 radical (unpaired) electrons. The van der Waals surface area contributed by atoms with Gasteiger partial charge in [-0.2, -0.15) is 5.10 Å². The van der Waals surface area contributed by atoms with Crippen LogP contribution < -0.4 is 0 Å². The number of hydrogen-bond acceptors (Lipinski definition) is 5. The van der Waals surface area contributed by atoms with Crippen LogP contribution in [0.5, 0.6) is 0 Å². The number of sulfone groups is 1. The van der Waals surface area contributed by atoms with Crippen LogP contribution in [0.15, 0.2) is 48.8 Å². The molecule has 158 valence electrons. The lowest BCUT2D eigenvalue weighted by atomic mass is 10.1. The molecule has 1 fully saturated rings. The minimum absolute atomic E-state index is 0.0487. The molecule has 0 spiro atoms. The Balaban J connectivity index is 1.58. The third-order valence-corrected chi connectivity index (χ3v) is 7.31. The fraction of sp³-hybridized carbons (Fsp3) is 0.409. The average Bonchev–Trinajstić information content (AvgIpc) is 3.31. The van der Waals surface area contributed by atoms with Gasteiger partial charge in [-0.3, -0.25) is 4.79 Å². The van der Waals surface area contributed by atoms with Crippen molar-refractivity contribution in [2.45, 2.75) is 38.8 Å². The van der Waals surface area contributed by atoms with E-state index >= 15 is 0 Å². The number of benzene rings is 1. The molecule has 30 heavy (non-hydrogen) atoms. The number of nitrogens with zero attached hydrogens (tertiary/aromatic N) is 4. The van der Waals surface area contributed by atoms with Crippen LogP contribution >= 0.6 is 0 Å². The minimum atomic E-state index is -3.07. The average molecular weight is 427 g/mol. The molecular formula is C22H26N4O3S. The van der Waals surface area contributed by atoms with Gasteiger partial charge in [0.05, 0.1) is 29.8 Å². The van der Waals surface area contributed by atoms with Crippen molar-refractivity contribution in [2.75, 3.05) is 18.1 Å². The second-order valence-electron chi connectivity index (χ2n) is 7.83. The molecule has 1 aliphatic rings. The molecule has 2 aromatic heterocycles. The second-order valence-corrected chi connectivity index (χ2v) is 10.1. The molecule has 1 atom stereocenters. The predicted molar refractivity (Wildman–Crippen MR) is 116 cm³/mol. The summed E-state index contributed by atoms with van der Waals surface area (Å²) in [5.41, 5.74) is 2.32. The Bertz CT molecular complexity index is 1140. The number of carbonyl (C=O) groups is 1. The van der Waals surface area contributed by atoms with E-state index in [9.17, 15) is 13.2 Å². The molecule has 0 saturated carbocycles. The van der Waals surface area contributed by atoms with Crippen LogP contribution in [0.25, 0.3) is 11.0 Å². The van der Waals surface area contributed by atoms with Gasteiger partial charge in [0, 0.05) is 24.2 Å². The molecule has 1 unspecified atom stereocenters. The molecule has 0 N–H and O–H groups in total. The van der Waals surface area contributed by atoms with Gasteiger partial charge < -0.3 is 4.90 Å². The largest absolute Gasteiger partial charge is 0.335 e. The highest BCUT2D eigenvalue weighted by atomic mass is 32.2. The quantitative estimate of drug-likeness (QED) is 0.580. The summed E-state index contributed by atoms with van der Waals surface area (Å²) >= 11 is 0. The van der Waals surface area contributed by atoms with E-state index in [1.807, 2.05) is 41.1 Å². The molecule has 0 bridgehead atoms. The first-order valence-corrected chi connectivity index (χ1v) is 12.2. The van der Waals surface area contributed by atoms with Crippen molar-refractivity contribution >= 4 is 26.8 Å². The van der Waals surface area contributed by atoms with Crippen molar-refractivity contribution in [3.63, 3.8) is 0 Å². The fourth-order valence-electron chi connectivity index (χ4n) is 3.93. The zero-order valence-corrected chi connectivity index (χ0v) is 17.9. The van der Waals surface area contributed by atoms with E-state index in [1.165, 1.54) is 0 Å². The SMILES string of the molecule is CCCCN(C(=O)c1cnc2c(cnn2Cc2ccccc2)c1)C1CCS(=O)(=O)C1. The number of amides is 1. The van der Waals surface area contributed by atoms with Crippen molar-refractivity contribution < 1.29 is 13.2 Å².